The Balaban J connectivity index is 1.71. The maximum atomic E-state index is 12.4. The number of rotatable bonds is 6. The van der Waals surface area contributed by atoms with Crippen LogP contribution in [0.3, 0.4) is 0 Å². The van der Waals surface area contributed by atoms with Gasteiger partial charge in [-0.15, -0.1) is 0 Å². The summed E-state index contributed by atoms with van der Waals surface area (Å²) in [5.74, 6) is -0.0944. The molecule has 2 N–H and O–H groups in total. The molecule has 1 aromatic carbocycles. The lowest BCUT2D eigenvalue weighted by atomic mass is 10.2. The smallest absolute Gasteiger partial charge is 0.410 e. The first-order chi connectivity index (χ1) is 11.9. The molecule has 0 spiro atoms. The fraction of sp³-hybridized carbons (Fsp3) is 0.579. The molecule has 0 aromatic heterocycles. The minimum Gasteiger partial charge on any atom is -0.444 e. The first-order valence-corrected chi connectivity index (χ1v) is 8.93. The molecule has 2 amide bonds. The van der Waals surface area contributed by atoms with E-state index in [0.29, 0.717) is 19.5 Å². The number of benzene rings is 1. The Morgan fingerprint density at radius 3 is 2.60 bits per heavy atom. The molecule has 1 fully saturated rings. The lowest BCUT2D eigenvalue weighted by Gasteiger charge is -2.28. The highest BCUT2D eigenvalue weighted by Crippen LogP contribution is 2.20. The number of carbonyl (C=O) groups is 2. The van der Waals surface area contributed by atoms with E-state index in [1.165, 1.54) is 0 Å². The Morgan fingerprint density at radius 1 is 1.20 bits per heavy atom. The normalized spacial score (nSPS) is 17.2. The Morgan fingerprint density at radius 2 is 1.92 bits per heavy atom. The summed E-state index contributed by atoms with van der Waals surface area (Å²) in [7, 11) is 0. The molecule has 6 heteroatoms. The Kier molecular flexibility index (Phi) is 6.67. The summed E-state index contributed by atoms with van der Waals surface area (Å²) in [6.07, 6.45) is 1.93. The van der Waals surface area contributed by atoms with Crippen molar-refractivity contribution in [3.8, 4) is 0 Å². The van der Waals surface area contributed by atoms with Crippen LogP contribution in [0.2, 0.25) is 0 Å². The highest BCUT2D eigenvalue weighted by atomic mass is 16.6. The first kappa shape index (κ1) is 19.1. The molecular weight excluding hydrogens is 318 g/mol. The third-order valence-electron chi connectivity index (χ3n) is 3.94. The molecule has 1 atom stereocenters. The van der Waals surface area contributed by atoms with Gasteiger partial charge in [-0.3, -0.25) is 9.69 Å². The van der Waals surface area contributed by atoms with Gasteiger partial charge in [-0.05, 0) is 52.2 Å². The van der Waals surface area contributed by atoms with Crippen molar-refractivity contribution in [2.24, 2.45) is 0 Å². The van der Waals surface area contributed by atoms with E-state index in [2.05, 4.69) is 10.6 Å². The highest BCUT2D eigenvalue weighted by molar-refractivity contribution is 5.86. The van der Waals surface area contributed by atoms with E-state index in [1.807, 2.05) is 51.1 Å². The van der Waals surface area contributed by atoms with Crippen LogP contribution in [0.1, 0.15) is 40.0 Å². The molecule has 1 saturated heterocycles. The molecule has 0 radical (unpaired) electrons. The average molecular weight is 347 g/mol. The molecule has 25 heavy (non-hydrogen) atoms. The van der Waals surface area contributed by atoms with E-state index in [9.17, 15) is 9.59 Å². The molecule has 0 bridgehead atoms. The zero-order valence-electron chi connectivity index (χ0n) is 15.4. The molecule has 1 heterocycles. The molecule has 1 aromatic rings. The Labute approximate surface area is 149 Å². The minimum absolute atomic E-state index is 0.0944. The summed E-state index contributed by atoms with van der Waals surface area (Å²) < 4.78 is 5.39. The number of likely N-dealkylation sites (tertiary alicyclic amines) is 1. The largest absolute Gasteiger partial charge is 0.444 e. The molecular formula is C19H29N3O3. The van der Waals surface area contributed by atoms with Crippen LogP contribution in [0.25, 0.3) is 0 Å². The van der Waals surface area contributed by atoms with Gasteiger partial charge in [0.05, 0.1) is 0 Å². The van der Waals surface area contributed by atoms with E-state index in [-0.39, 0.29) is 5.91 Å². The van der Waals surface area contributed by atoms with Gasteiger partial charge in [-0.2, -0.15) is 0 Å². The van der Waals surface area contributed by atoms with Crippen LogP contribution in [0.15, 0.2) is 30.3 Å². The van der Waals surface area contributed by atoms with Crippen LogP contribution in [-0.4, -0.2) is 48.2 Å². The molecule has 6 nitrogen and oxygen atoms in total. The topological polar surface area (TPSA) is 70.7 Å². The lowest BCUT2D eigenvalue weighted by Crippen LogP contribution is -2.47. The molecule has 2 rings (SSSR count). The van der Waals surface area contributed by atoms with Crippen LogP contribution < -0.4 is 10.6 Å². The number of carbonyl (C=O) groups excluding carboxylic acids is 2. The van der Waals surface area contributed by atoms with Gasteiger partial charge in [0.15, 0.2) is 0 Å². The highest BCUT2D eigenvalue weighted by Gasteiger charge is 2.36. The average Bonchev–Trinajstić information content (AvgIpc) is 3.03. The monoisotopic (exact) mass is 347 g/mol. The van der Waals surface area contributed by atoms with Crippen LogP contribution >= 0.6 is 0 Å². The minimum atomic E-state index is -0.552. The quantitative estimate of drug-likeness (QED) is 0.776. The first-order valence-electron chi connectivity index (χ1n) is 8.93. The van der Waals surface area contributed by atoms with Crippen molar-refractivity contribution < 1.29 is 14.3 Å². The number of hydrogen-bond donors (Lipinski definition) is 2. The van der Waals surface area contributed by atoms with Crippen molar-refractivity contribution in [2.45, 2.75) is 51.7 Å². The standard InChI is InChI=1S/C19H29N3O3/c1-19(2,3)25-18(24)22-14-7-11-16(22)17(23)21-13-8-12-20-15-9-5-4-6-10-15/h4-6,9-10,16,20H,7-8,11-14H2,1-3H3,(H,21,23)/t16-/m0/s1. The van der Waals surface area contributed by atoms with Crippen LogP contribution in [-0.2, 0) is 9.53 Å². The van der Waals surface area contributed by atoms with Gasteiger partial charge in [-0.25, -0.2) is 4.79 Å². The van der Waals surface area contributed by atoms with E-state index < -0.39 is 17.7 Å². The molecule has 1 aliphatic heterocycles. The third-order valence-corrected chi connectivity index (χ3v) is 3.94. The van der Waals surface area contributed by atoms with Crippen LogP contribution in [0.4, 0.5) is 10.5 Å². The van der Waals surface area contributed by atoms with Crippen molar-refractivity contribution in [1.29, 1.82) is 0 Å². The third kappa shape index (κ3) is 6.29. The summed E-state index contributed by atoms with van der Waals surface area (Å²) in [4.78, 5) is 26.1. The lowest BCUT2D eigenvalue weighted by molar-refractivity contribution is -0.125. The predicted octanol–water partition coefficient (Wildman–Crippen LogP) is 3.00. The fourth-order valence-electron chi connectivity index (χ4n) is 2.78. The summed E-state index contributed by atoms with van der Waals surface area (Å²) in [6, 6.07) is 9.54. The van der Waals surface area contributed by atoms with Gasteiger partial charge in [0.2, 0.25) is 5.91 Å². The summed E-state index contributed by atoms with van der Waals surface area (Å²) in [5.41, 5.74) is 0.518. The molecule has 138 valence electrons. The zero-order chi connectivity index (χ0) is 18.3. The second-order valence-corrected chi connectivity index (χ2v) is 7.27. The number of anilines is 1. The zero-order valence-corrected chi connectivity index (χ0v) is 15.4. The number of ether oxygens (including phenoxy) is 1. The molecule has 0 unspecified atom stereocenters. The maximum Gasteiger partial charge on any atom is 0.410 e. The van der Waals surface area contributed by atoms with E-state index in [4.69, 9.17) is 4.74 Å². The summed E-state index contributed by atoms with van der Waals surface area (Å²) in [5, 5.41) is 6.24. The van der Waals surface area contributed by atoms with Gasteiger partial charge < -0.3 is 15.4 Å². The van der Waals surface area contributed by atoms with Crippen molar-refractivity contribution in [2.75, 3.05) is 25.0 Å². The van der Waals surface area contributed by atoms with Crippen LogP contribution in [0, 0.1) is 0 Å². The van der Waals surface area contributed by atoms with E-state index in [0.717, 1.165) is 25.1 Å². The number of nitrogens with one attached hydrogen (secondary N) is 2. The predicted molar refractivity (Wildman–Crippen MR) is 98.5 cm³/mol. The number of para-hydroxylation sites is 1. The Bertz CT molecular complexity index is 569. The summed E-state index contributed by atoms with van der Waals surface area (Å²) in [6.45, 7) is 7.42. The van der Waals surface area contributed by atoms with Crippen molar-refractivity contribution in [3.05, 3.63) is 30.3 Å². The summed E-state index contributed by atoms with van der Waals surface area (Å²) >= 11 is 0. The number of amides is 2. The molecule has 1 aliphatic rings. The fourth-order valence-corrected chi connectivity index (χ4v) is 2.78. The van der Waals surface area contributed by atoms with Crippen molar-refractivity contribution >= 4 is 17.7 Å². The van der Waals surface area contributed by atoms with Gasteiger partial charge in [-0.1, -0.05) is 18.2 Å². The van der Waals surface area contributed by atoms with Crippen molar-refractivity contribution in [1.82, 2.24) is 10.2 Å². The van der Waals surface area contributed by atoms with Gasteiger partial charge in [0, 0.05) is 25.3 Å². The van der Waals surface area contributed by atoms with E-state index in [1.54, 1.807) is 4.90 Å². The van der Waals surface area contributed by atoms with Gasteiger partial charge in [0.25, 0.3) is 0 Å². The van der Waals surface area contributed by atoms with Gasteiger partial charge >= 0.3 is 6.09 Å². The Hall–Kier alpha value is -2.24. The SMILES string of the molecule is CC(C)(C)OC(=O)N1CCC[C@H]1C(=O)NCCCNc1ccccc1. The molecule has 0 aliphatic carbocycles. The number of hydrogen-bond acceptors (Lipinski definition) is 4. The second-order valence-electron chi connectivity index (χ2n) is 7.27. The van der Waals surface area contributed by atoms with Gasteiger partial charge in [0.1, 0.15) is 11.6 Å². The second kappa shape index (κ2) is 8.74. The maximum absolute atomic E-state index is 12.4. The van der Waals surface area contributed by atoms with E-state index >= 15 is 0 Å². The van der Waals surface area contributed by atoms with Crippen LogP contribution in [0.5, 0.6) is 0 Å². The number of nitrogens with zero attached hydrogens (tertiary/aromatic N) is 1. The van der Waals surface area contributed by atoms with Crippen molar-refractivity contribution in [3.63, 3.8) is 0 Å². The molecule has 0 saturated carbocycles.